The van der Waals surface area contributed by atoms with Crippen molar-refractivity contribution in [3.05, 3.63) is 33.9 Å². The van der Waals surface area contributed by atoms with Crippen LogP contribution in [0.3, 0.4) is 0 Å². The minimum atomic E-state index is 0.840. The van der Waals surface area contributed by atoms with E-state index in [4.69, 9.17) is 12.2 Å². The van der Waals surface area contributed by atoms with E-state index in [0.29, 0.717) is 0 Å². The quantitative estimate of drug-likeness (QED) is 0.711. The second kappa shape index (κ2) is 4.09. The highest BCUT2D eigenvalue weighted by atomic mass is 32.1. The van der Waals surface area contributed by atoms with Crippen molar-refractivity contribution in [3.8, 4) is 0 Å². The van der Waals surface area contributed by atoms with Gasteiger partial charge in [0.2, 0.25) is 0 Å². The molecule has 0 amide bonds. The summed E-state index contributed by atoms with van der Waals surface area (Å²) in [6.45, 7) is 8.51. The second-order valence-corrected chi connectivity index (χ2v) is 4.12. The van der Waals surface area contributed by atoms with Gasteiger partial charge in [0.05, 0.1) is 0 Å². The van der Waals surface area contributed by atoms with E-state index in [1.807, 2.05) is 7.05 Å². The summed E-state index contributed by atoms with van der Waals surface area (Å²) in [4.78, 5) is 0.840. The topological polar surface area (TPSA) is 12.0 Å². The van der Waals surface area contributed by atoms with Gasteiger partial charge >= 0.3 is 0 Å². The zero-order chi connectivity index (χ0) is 10.9. The zero-order valence-corrected chi connectivity index (χ0v) is 10.3. The van der Waals surface area contributed by atoms with Crippen molar-refractivity contribution in [2.24, 2.45) is 0 Å². The number of nitrogens with one attached hydrogen (secondary N) is 1. The van der Waals surface area contributed by atoms with Gasteiger partial charge in [0.1, 0.15) is 4.99 Å². The molecule has 0 radical (unpaired) electrons. The maximum Gasteiger partial charge on any atom is 0.106 e. The van der Waals surface area contributed by atoms with Gasteiger partial charge in [-0.3, -0.25) is 0 Å². The molecular formula is C12H17NS. The number of hydrogen-bond donors (Lipinski definition) is 1. The van der Waals surface area contributed by atoms with Gasteiger partial charge in [0, 0.05) is 12.6 Å². The van der Waals surface area contributed by atoms with Crippen LogP contribution in [0.15, 0.2) is 6.07 Å². The molecule has 0 saturated carbocycles. The molecule has 1 aromatic carbocycles. The molecule has 1 aromatic rings. The van der Waals surface area contributed by atoms with Crippen LogP contribution in [0, 0.1) is 27.7 Å². The summed E-state index contributed by atoms with van der Waals surface area (Å²) in [6, 6.07) is 2.21. The SMILES string of the molecule is CNC(=S)c1c(C)c(C)cc(C)c1C. The Morgan fingerprint density at radius 2 is 1.50 bits per heavy atom. The Kier molecular flexibility index (Phi) is 3.27. The third-order valence-electron chi connectivity index (χ3n) is 2.82. The van der Waals surface area contributed by atoms with Crippen molar-refractivity contribution in [2.45, 2.75) is 27.7 Å². The van der Waals surface area contributed by atoms with E-state index in [2.05, 4.69) is 39.1 Å². The molecule has 0 bridgehead atoms. The van der Waals surface area contributed by atoms with Gasteiger partial charge in [-0.05, 0) is 49.9 Å². The van der Waals surface area contributed by atoms with Crippen LogP contribution in [0.25, 0.3) is 0 Å². The molecule has 0 spiro atoms. The number of benzene rings is 1. The number of thiocarbonyl (C=S) groups is 1. The van der Waals surface area contributed by atoms with Crippen molar-refractivity contribution in [1.29, 1.82) is 0 Å². The van der Waals surface area contributed by atoms with Crippen LogP contribution >= 0.6 is 12.2 Å². The molecule has 76 valence electrons. The summed E-state index contributed by atoms with van der Waals surface area (Å²) in [5.74, 6) is 0. The van der Waals surface area contributed by atoms with Crippen molar-refractivity contribution >= 4 is 17.2 Å². The van der Waals surface area contributed by atoms with E-state index in [1.165, 1.54) is 27.8 Å². The Morgan fingerprint density at radius 1 is 1.07 bits per heavy atom. The molecule has 0 fully saturated rings. The standard InChI is InChI=1S/C12H17NS/c1-7-6-8(2)10(4)11(9(7)3)12(14)13-5/h6H,1-5H3,(H,13,14). The van der Waals surface area contributed by atoms with Gasteiger partial charge in [0.15, 0.2) is 0 Å². The lowest BCUT2D eigenvalue weighted by molar-refractivity contribution is 1.16. The number of aryl methyl sites for hydroxylation is 2. The summed E-state index contributed by atoms with van der Waals surface area (Å²) in [5, 5.41) is 3.05. The Morgan fingerprint density at radius 3 is 1.86 bits per heavy atom. The van der Waals surface area contributed by atoms with Crippen LogP contribution in [0.2, 0.25) is 0 Å². The van der Waals surface area contributed by atoms with Gasteiger partial charge in [-0.1, -0.05) is 18.3 Å². The molecule has 2 heteroatoms. The second-order valence-electron chi connectivity index (χ2n) is 3.71. The lowest BCUT2D eigenvalue weighted by Crippen LogP contribution is -2.20. The van der Waals surface area contributed by atoms with Crippen LogP contribution < -0.4 is 5.32 Å². The minimum Gasteiger partial charge on any atom is -0.379 e. The molecule has 0 atom stereocenters. The van der Waals surface area contributed by atoms with Crippen molar-refractivity contribution in [1.82, 2.24) is 5.32 Å². The third kappa shape index (κ3) is 1.80. The molecule has 0 aliphatic carbocycles. The smallest absolute Gasteiger partial charge is 0.106 e. The van der Waals surface area contributed by atoms with Gasteiger partial charge < -0.3 is 5.32 Å². The average Bonchev–Trinajstić information content (AvgIpc) is 2.15. The maximum atomic E-state index is 5.30. The van der Waals surface area contributed by atoms with Crippen LogP contribution in [0.5, 0.6) is 0 Å². The predicted molar refractivity (Wildman–Crippen MR) is 66.1 cm³/mol. The lowest BCUT2D eigenvalue weighted by Gasteiger charge is -2.15. The van der Waals surface area contributed by atoms with E-state index in [-0.39, 0.29) is 0 Å². The summed E-state index contributed by atoms with van der Waals surface area (Å²) >= 11 is 5.30. The zero-order valence-electron chi connectivity index (χ0n) is 9.49. The monoisotopic (exact) mass is 207 g/mol. The molecule has 1 rings (SSSR count). The normalized spacial score (nSPS) is 10.1. The summed E-state index contributed by atoms with van der Waals surface area (Å²) in [7, 11) is 1.87. The van der Waals surface area contributed by atoms with Crippen molar-refractivity contribution in [2.75, 3.05) is 7.05 Å². The molecule has 0 aliphatic rings. The van der Waals surface area contributed by atoms with E-state index in [9.17, 15) is 0 Å². The lowest BCUT2D eigenvalue weighted by atomic mass is 9.94. The highest BCUT2D eigenvalue weighted by Crippen LogP contribution is 2.21. The first kappa shape index (κ1) is 11.2. The maximum absolute atomic E-state index is 5.30. The van der Waals surface area contributed by atoms with Gasteiger partial charge in [-0.2, -0.15) is 0 Å². The van der Waals surface area contributed by atoms with E-state index in [0.717, 1.165) is 4.99 Å². The number of rotatable bonds is 1. The first-order valence-electron chi connectivity index (χ1n) is 4.78. The predicted octanol–water partition coefficient (Wildman–Crippen LogP) is 2.82. The molecule has 1 nitrogen and oxygen atoms in total. The summed E-state index contributed by atoms with van der Waals surface area (Å²) in [5.41, 5.74) is 6.38. The van der Waals surface area contributed by atoms with E-state index < -0.39 is 0 Å². The first-order chi connectivity index (χ1) is 6.49. The van der Waals surface area contributed by atoms with Crippen molar-refractivity contribution < 1.29 is 0 Å². The van der Waals surface area contributed by atoms with Gasteiger partial charge in [-0.15, -0.1) is 0 Å². The number of hydrogen-bond acceptors (Lipinski definition) is 1. The summed E-state index contributed by atoms with van der Waals surface area (Å²) in [6.07, 6.45) is 0. The fourth-order valence-corrected chi connectivity index (χ4v) is 1.99. The largest absolute Gasteiger partial charge is 0.379 e. The summed E-state index contributed by atoms with van der Waals surface area (Å²) < 4.78 is 0. The molecule has 0 heterocycles. The first-order valence-corrected chi connectivity index (χ1v) is 5.19. The van der Waals surface area contributed by atoms with Crippen LogP contribution in [0.4, 0.5) is 0 Å². The average molecular weight is 207 g/mol. The Bertz CT molecular complexity index is 354. The van der Waals surface area contributed by atoms with Crippen LogP contribution in [0.1, 0.15) is 27.8 Å². The highest BCUT2D eigenvalue weighted by molar-refractivity contribution is 7.80. The molecule has 0 aromatic heterocycles. The molecule has 1 N–H and O–H groups in total. The fourth-order valence-electron chi connectivity index (χ4n) is 1.68. The molecule has 0 aliphatic heterocycles. The van der Waals surface area contributed by atoms with Crippen LogP contribution in [-0.2, 0) is 0 Å². The Labute approximate surface area is 91.5 Å². The minimum absolute atomic E-state index is 0.840. The third-order valence-corrected chi connectivity index (χ3v) is 3.23. The molecule has 14 heavy (non-hydrogen) atoms. The Hall–Kier alpha value is -0.890. The molecular weight excluding hydrogens is 190 g/mol. The molecule has 0 unspecified atom stereocenters. The van der Waals surface area contributed by atoms with Crippen molar-refractivity contribution in [3.63, 3.8) is 0 Å². The fraction of sp³-hybridized carbons (Fsp3) is 0.417. The van der Waals surface area contributed by atoms with Gasteiger partial charge in [0.25, 0.3) is 0 Å². The van der Waals surface area contributed by atoms with Gasteiger partial charge in [-0.25, -0.2) is 0 Å². The van der Waals surface area contributed by atoms with E-state index in [1.54, 1.807) is 0 Å². The van der Waals surface area contributed by atoms with E-state index >= 15 is 0 Å². The molecule has 0 saturated heterocycles. The Balaban J connectivity index is 3.47. The highest BCUT2D eigenvalue weighted by Gasteiger charge is 2.11. The van der Waals surface area contributed by atoms with Crippen LogP contribution in [-0.4, -0.2) is 12.0 Å².